The van der Waals surface area contributed by atoms with Crippen molar-refractivity contribution in [2.75, 3.05) is 26.7 Å². The third kappa shape index (κ3) is 5.12. The summed E-state index contributed by atoms with van der Waals surface area (Å²) in [5, 5.41) is 3.33. The molecule has 1 atom stereocenters. The predicted octanol–water partition coefficient (Wildman–Crippen LogP) is 3.64. The minimum Gasteiger partial charge on any atom is -0.477 e. The largest absolute Gasteiger partial charge is 0.477 e. The van der Waals surface area contributed by atoms with E-state index in [1.165, 1.54) is 12.8 Å². The monoisotopic (exact) mass is 434 g/mol. The number of aryl methyl sites for hydroxylation is 1. The van der Waals surface area contributed by atoms with Gasteiger partial charge in [0.1, 0.15) is 0 Å². The molecule has 2 fully saturated rings. The lowest BCUT2D eigenvalue weighted by atomic mass is 9.97. The average Bonchev–Trinajstić information content (AvgIpc) is 3.66. The molecule has 2 aliphatic carbocycles. The van der Waals surface area contributed by atoms with E-state index in [1.807, 2.05) is 30.3 Å². The smallest absolute Gasteiger partial charge is 0.223 e. The van der Waals surface area contributed by atoms with Crippen molar-refractivity contribution in [1.82, 2.24) is 20.2 Å². The van der Waals surface area contributed by atoms with Crippen LogP contribution in [0.5, 0.6) is 5.88 Å². The van der Waals surface area contributed by atoms with Gasteiger partial charge in [-0.15, -0.1) is 0 Å². The van der Waals surface area contributed by atoms with Gasteiger partial charge < -0.3 is 15.0 Å². The fourth-order valence-corrected chi connectivity index (χ4v) is 4.79. The number of hydrogen-bond donors (Lipinski definition) is 1. The van der Waals surface area contributed by atoms with E-state index in [-0.39, 0.29) is 11.8 Å². The van der Waals surface area contributed by atoms with E-state index in [0.717, 1.165) is 86.7 Å². The number of rotatable bonds is 6. The molecule has 1 saturated carbocycles. The number of carbonyl (C=O) groups is 1. The topological polar surface area (TPSA) is 67.4 Å². The number of nitrogens with one attached hydrogen (secondary N) is 1. The summed E-state index contributed by atoms with van der Waals surface area (Å²) in [4.78, 5) is 25.2. The highest BCUT2D eigenvalue weighted by atomic mass is 16.5. The third-order valence-corrected chi connectivity index (χ3v) is 7.15. The maximum absolute atomic E-state index is 13.1. The summed E-state index contributed by atoms with van der Waals surface area (Å²) in [6.07, 6.45) is 7.84. The Labute approximate surface area is 190 Å². The molecule has 1 aromatic heterocycles. The first kappa shape index (κ1) is 21.4. The minimum atomic E-state index is 0.0281. The highest BCUT2D eigenvalue weighted by Crippen LogP contribution is 2.34. The number of fused-ring (bicyclic) bond motifs is 1. The molecule has 2 aromatic rings. The average molecular weight is 435 g/mol. The van der Waals surface area contributed by atoms with E-state index in [9.17, 15) is 4.79 Å². The molecule has 6 heteroatoms. The van der Waals surface area contributed by atoms with Crippen molar-refractivity contribution >= 4 is 5.91 Å². The number of hydrogen-bond acceptors (Lipinski definition) is 5. The molecule has 5 rings (SSSR count). The Hall–Kier alpha value is -2.47. The second-order valence-corrected chi connectivity index (χ2v) is 9.76. The van der Waals surface area contributed by atoms with Crippen LogP contribution < -0.4 is 10.1 Å². The molecule has 32 heavy (non-hydrogen) atoms. The van der Waals surface area contributed by atoms with E-state index < -0.39 is 0 Å². The number of piperidine rings is 1. The Morgan fingerprint density at radius 3 is 2.53 bits per heavy atom. The number of aromatic nitrogens is 2. The second-order valence-electron chi connectivity index (χ2n) is 9.76. The van der Waals surface area contributed by atoms with E-state index in [2.05, 4.69) is 17.3 Å². The molecule has 1 N–H and O–H groups in total. The van der Waals surface area contributed by atoms with Crippen molar-refractivity contribution in [2.45, 2.75) is 57.4 Å². The van der Waals surface area contributed by atoms with Crippen molar-refractivity contribution in [1.29, 1.82) is 0 Å². The van der Waals surface area contributed by atoms with Crippen LogP contribution in [-0.4, -0.2) is 53.6 Å². The van der Waals surface area contributed by atoms with E-state index in [0.29, 0.717) is 12.0 Å². The lowest BCUT2D eigenvalue weighted by Crippen LogP contribution is -2.45. The van der Waals surface area contributed by atoms with Crippen LogP contribution in [-0.2, 0) is 17.6 Å². The minimum absolute atomic E-state index is 0.0281. The summed E-state index contributed by atoms with van der Waals surface area (Å²) in [6.45, 7) is 2.85. The number of nitrogens with zero attached hydrogens (tertiary/aromatic N) is 3. The van der Waals surface area contributed by atoms with E-state index in [1.54, 1.807) is 0 Å². The van der Waals surface area contributed by atoms with E-state index in [4.69, 9.17) is 14.7 Å². The SMILES string of the molecule is CN1CCC(NC(=O)C2CCc3nc(-c4ccccc4)nc(OCC4CC4)c3CC2)CC1. The zero-order valence-electron chi connectivity index (χ0n) is 19.1. The molecule has 2 heterocycles. The standard InChI is InChI=1S/C26H34N4O2/c1-30-15-13-21(14-16-30)27-25(31)20-9-11-22-23(12-10-20)28-24(19-5-3-2-4-6-19)29-26(22)32-17-18-7-8-18/h2-6,18,20-21H,7-17H2,1H3,(H,27,31). The third-order valence-electron chi connectivity index (χ3n) is 7.15. The van der Waals surface area contributed by atoms with Crippen molar-refractivity contribution in [3.63, 3.8) is 0 Å². The van der Waals surface area contributed by atoms with Crippen LogP contribution in [0.3, 0.4) is 0 Å². The second kappa shape index (κ2) is 9.57. The molecule has 1 amide bonds. The van der Waals surface area contributed by atoms with Crippen LogP contribution in [0.15, 0.2) is 30.3 Å². The van der Waals surface area contributed by atoms with Crippen LogP contribution in [0.2, 0.25) is 0 Å². The number of likely N-dealkylation sites (tertiary alicyclic amines) is 1. The lowest BCUT2D eigenvalue weighted by molar-refractivity contribution is -0.126. The molecule has 1 saturated heterocycles. The summed E-state index contributed by atoms with van der Waals surface area (Å²) in [7, 11) is 2.15. The number of benzene rings is 1. The first-order valence-corrected chi connectivity index (χ1v) is 12.2. The Kier molecular flexibility index (Phi) is 6.39. The molecule has 170 valence electrons. The number of amides is 1. The van der Waals surface area contributed by atoms with Gasteiger partial charge in [0, 0.05) is 23.1 Å². The van der Waals surface area contributed by atoms with Gasteiger partial charge in [-0.25, -0.2) is 4.98 Å². The zero-order valence-corrected chi connectivity index (χ0v) is 19.1. The molecule has 1 unspecified atom stereocenters. The lowest BCUT2D eigenvalue weighted by Gasteiger charge is -2.30. The van der Waals surface area contributed by atoms with Gasteiger partial charge in [-0.2, -0.15) is 4.98 Å². The normalized spacial score (nSPS) is 22.1. The highest BCUT2D eigenvalue weighted by molar-refractivity contribution is 5.79. The summed E-state index contributed by atoms with van der Waals surface area (Å²) in [6, 6.07) is 10.4. The van der Waals surface area contributed by atoms with Crippen LogP contribution in [0.25, 0.3) is 11.4 Å². The first-order valence-electron chi connectivity index (χ1n) is 12.2. The fraction of sp³-hybridized carbons (Fsp3) is 0.577. The van der Waals surface area contributed by atoms with Crippen molar-refractivity contribution in [2.24, 2.45) is 11.8 Å². The van der Waals surface area contributed by atoms with Crippen molar-refractivity contribution < 1.29 is 9.53 Å². The summed E-state index contributed by atoms with van der Waals surface area (Å²) >= 11 is 0. The van der Waals surface area contributed by atoms with Gasteiger partial charge >= 0.3 is 0 Å². The van der Waals surface area contributed by atoms with Crippen LogP contribution in [0, 0.1) is 11.8 Å². The quantitative estimate of drug-likeness (QED) is 0.703. The van der Waals surface area contributed by atoms with Gasteiger partial charge in [0.2, 0.25) is 11.8 Å². The zero-order chi connectivity index (χ0) is 21.9. The Morgan fingerprint density at radius 2 is 1.78 bits per heavy atom. The van der Waals surface area contributed by atoms with Crippen LogP contribution in [0.4, 0.5) is 0 Å². The summed E-state index contributed by atoms with van der Waals surface area (Å²) in [5.41, 5.74) is 3.17. The maximum atomic E-state index is 13.1. The van der Waals surface area contributed by atoms with Crippen LogP contribution in [0.1, 0.15) is 49.8 Å². The molecule has 1 aromatic carbocycles. The predicted molar refractivity (Wildman–Crippen MR) is 124 cm³/mol. The van der Waals surface area contributed by atoms with Gasteiger partial charge in [0.25, 0.3) is 0 Å². The molecule has 0 spiro atoms. The Bertz CT molecular complexity index is 936. The molecule has 0 radical (unpaired) electrons. The molecular weight excluding hydrogens is 400 g/mol. The first-order chi connectivity index (χ1) is 15.7. The van der Waals surface area contributed by atoms with Crippen molar-refractivity contribution in [3.05, 3.63) is 41.6 Å². The molecule has 0 bridgehead atoms. The summed E-state index contributed by atoms with van der Waals surface area (Å²) in [5.74, 6) is 2.37. The van der Waals surface area contributed by atoms with Crippen LogP contribution >= 0.6 is 0 Å². The van der Waals surface area contributed by atoms with Gasteiger partial charge in [-0.3, -0.25) is 4.79 Å². The van der Waals surface area contributed by atoms with Gasteiger partial charge in [0.05, 0.1) is 12.3 Å². The van der Waals surface area contributed by atoms with Gasteiger partial charge in [0.15, 0.2) is 5.82 Å². The fourth-order valence-electron chi connectivity index (χ4n) is 4.79. The Morgan fingerprint density at radius 1 is 1.03 bits per heavy atom. The number of ether oxygens (including phenoxy) is 1. The molecule has 1 aliphatic heterocycles. The van der Waals surface area contributed by atoms with Gasteiger partial charge in [-0.1, -0.05) is 30.3 Å². The molecule has 3 aliphatic rings. The summed E-state index contributed by atoms with van der Waals surface area (Å²) < 4.78 is 6.22. The van der Waals surface area contributed by atoms with E-state index >= 15 is 0 Å². The molecular formula is C26H34N4O2. The number of carbonyl (C=O) groups excluding carboxylic acids is 1. The Balaban J connectivity index is 1.32. The molecule has 6 nitrogen and oxygen atoms in total. The highest BCUT2D eigenvalue weighted by Gasteiger charge is 2.29. The van der Waals surface area contributed by atoms with Gasteiger partial charge in [-0.05, 0) is 77.4 Å². The van der Waals surface area contributed by atoms with Crippen molar-refractivity contribution in [3.8, 4) is 17.3 Å². The maximum Gasteiger partial charge on any atom is 0.223 e.